The van der Waals surface area contributed by atoms with Crippen LogP contribution in [0.1, 0.15) is 31.4 Å². The van der Waals surface area contributed by atoms with Gasteiger partial charge in [-0.3, -0.25) is 14.4 Å². The van der Waals surface area contributed by atoms with Gasteiger partial charge in [-0.2, -0.15) is 5.10 Å². The van der Waals surface area contributed by atoms with Gasteiger partial charge in [0, 0.05) is 56.0 Å². The van der Waals surface area contributed by atoms with Crippen LogP contribution in [0.5, 0.6) is 0 Å². The Labute approximate surface area is 206 Å². The van der Waals surface area contributed by atoms with Crippen molar-refractivity contribution in [1.82, 2.24) is 19.4 Å². The summed E-state index contributed by atoms with van der Waals surface area (Å²) in [6.45, 7) is 3.71. The highest BCUT2D eigenvalue weighted by molar-refractivity contribution is 7.89. The van der Waals surface area contributed by atoms with Crippen molar-refractivity contribution >= 4 is 21.6 Å². The minimum atomic E-state index is -3.62. The number of aromatic nitrogens is 2. The van der Waals surface area contributed by atoms with Crippen LogP contribution in [0.4, 0.5) is 5.69 Å². The minimum absolute atomic E-state index is 0.181. The molecule has 3 aliphatic heterocycles. The molecule has 0 radical (unpaired) electrons. The lowest BCUT2D eigenvalue weighted by Gasteiger charge is -2.49. The largest absolute Gasteiger partial charge is 0.326 e. The highest BCUT2D eigenvalue weighted by Gasteiger charge is 2.42. The molecule has 1 aromatic heterocycles. The molecule has 35 heavy (non-hydrogen) atoms. The zero-order chi connectivity index (χ0) is 24.6. The van der Waals surface area contributed by atoms with Crippen LogP contribution in [0.15, 0.2) is 65.6 Å². The Bertz CT molecular complexity index is 1300. The van der Waals surface area contributed by atoms with E-state index < -0.39 is 10.0 Å². The molecule has 3 aromatic rings. The molecule has 4 heterocycles. The molecule has 2 bridgehead atoms. The number of nitrogens with one attached hydrogen (secondary N) is 2. The predicted molar refractivity (Wildman–Crippen MR) is 135 cm³/mol. The van der Waals surface area contributed by atoms with E-state index in [2.05, 4.69) is 33.1 Å². The van der Waals surface area contributed by atoms with Crippen LogP contribution in [-0.4, -0.2) is 54.7 Å². The van der Waals surface area contributed by atoms with Crippen molar-refractivity contribution < 1.29 is 13.2 Å². The fourth-order valence-electron chi connectivity index (χ4n) is 5.47. The first kappa shape index (κ1) is 23.7. The Kier molecular flexibility index (Phi) is 6.48. The van der Waals surface area contributed by atoms with Gasteiger partial charge in [-0.25, -0.2) is 13.1 Å². The van der Waals surface area contributed by atoms with Crippen molar-refractivity contribution in [2.45, 2.75) is 36.6 Å². The summed E-state index contributed by atoms with van der Waals surface area (Å²) in [6.07, 6.45) is 2.07. The van der Waals surface area contributed by atoms with Crippen molar-refractivity contribution in [2.24, 2.45) is 13.0 Å². The standard InChI is InChI=1S/C26H31N5O3S/c1-18(32)28-21-8-10-23(11-9-21)35(33,34)27-16-22-14-20-12-13-31(22)17-24(20)26-15-25(29-30(26)2)19-6-4-3-5-7-19/h3-11,15,20,22,24,27H,12-14,16-17H2,1-2H3,(H,28,32)/t20-,22-,24+/m1/s1. The van der Waals surface area contributed by atoms with Crippen LogP contribution < -0.4 is 10.0 Å². The molecular weight excluding hydrogens is 462 g/mol. The summed E-state index contributed by atoms with van der Waals surface area (Å²) in [6, 6.07) is 18.9. The van der Waals surface area contributed by atoms with E-state index in [1.807, 2.05) is 29.9 Å². The Hall–Kier alpha value is -3.01. The lowest BCUT2D eigenvalue weighted by atomic mass is 9.74. The van der Waals surface area contributed by atoms with E-state index in [0.29, 0.717) is 24.1 Å². The molecule has 2 N–H and O–H groups in total. The molecule has 0 saturated carbocycles. The van der Waals surface area contributed by atoms with E-state index in [1.165, 1.54) is 24.8 Å². The molecule has 0 aliphatic carbocycles. The van der Waals surface area contributed by atoms with Gasteiger partial charge in [0.1, 0.15) is 0 Å². The average Bonchev–Trinajstić information content (AvgIpc) is 3.25. The second-order valence-corrected chi connectivity index (χ2v) is 11.3. The molecule has 8 nitrogen and oxygen atoms in total. The van der Waals surface area contributed by atoms with Gasteiger partial charge < -0.3 is 5.32 Å². The third-order valence-electron chi connectivity index (χ3n) is 7.24. The second-order valence-electron chi connectivity index (χ2n) is 9.54. The van der Waals surface area contributed by atoms with Crippen molar-refractivity contribution in [3.63, 3.8) is 0 Å². The first-order valence-electron chi connectivity index (χ1n) is 12.0. The normalized spacial score (nSPS) is 23.8. The number of nitrogens with zero attached hydrogens (tertiary/aromatic N) is 3. The second kappa shape index (κ2) is 9.56. The van der Waals surface area contributed by atoms with E-state index in [4.69, 9.17) is 5.10 Å². The number of rotatable bonds is 7. The van der Waals surface area contributed by atoms with Gasteiger partial charge in [0.15, 0.2) is 0 Å². The van der Waals surface area contributed by atoms with Crippen LogP contribution >= 0.6 is 0 Å². The molecular formula is C26H31N5O3S. The summed E-state index contributed by atoms with van der Waals surface area (Å²) in [5, 5.41) is 7.42. The van der Waals surface area contributed by atoms with Gasteiger partial charge in [0.05, 0.1) is 10.6 Å². The summed E-state index contributed by atoms with van der Waals surface area (Å²) in [5.74, 6) is 0.708. The highest BCUT2D eigenvalue weighted by atomic mass is 32.2. The maximum Gasteiger partial charge on any atom is 0.240 e. The Morgan fingerprint density at radius 2 is 1.86 bits per heavy atom. The maximum absolute atomic E-state index is 12.9. The monoisotopic (exact) mass is 493 g/mol. The van der Waals surface area contributed by atoms with Gasteiger partial charge >= 0.3 is 0 Å². The molecule has 3 fully saturated rings. The smallest absolute Gasteiger partial charge is 0.240 e. The molecule has 1 amide bonds. The third kappa shape index (κ3) is 5.03. The number of amides is 1. The van der Waals surface area contributed by atoms with Gasteiger partial charge in [-0.15, -0.1) is 0 Å². The van der Waals surface area contributed by atoms with Crippen LogP contribution in [0.25, 0.3) is 11.3 Å². The van der Waals surface area contributed by atoms with E-state index in [0.717, 1.165) is 37.2 Å². The lowest BCUT2D eigenvalue weighted by molar-refractivity contribution is -0.114. The quantitative estimate of drug-likeness (QED) is 0.527. The number of hydrogen-bond donors (Lipinski definition) is 2. The number of carbonyl (C=O) groups is 1. The Morgan fingerprint density at radius 1 is 1.11 bits per heavy atom. The summed E-state index contributed by atoms with van der Waals surface area (Å²) in [7, 11) is -1.61. The van der Waals surface area contributed by atoms with E-state index >= 15 is 0 Å². The van der Waals surface area contributed by atoms with Crippen molar-refractivity contribution in [1.29, 1.82) is 0 Å². The molecule has 6 rings (SSSR count). The van der Waals surface area contributed by atoms with Crippen molar-refractivity contribution in [3.05, 3.63) is 66.4 Å². The number of hydrogen-bond acceptors (Lipinski definition) is 5. The van der Waals surface area contributed by atoms with Crippen LogP contribution in [0, 0.1) is 5.92 Å². The van der Waals surface area contributed by atoms with Crippen molar-refractivity contribution in [3.8, 4) is 11.3 Å². The highest BCUT2D eigenvalue weighted by Crippen LogP contribution is 2.42. The van der Waals surface area contributed by atoms with E-state index in [1.54, 1.807) is 12.1 Å². The fourth-order valence-corrected chi connectivity index (χ4v) is 6.55. The van der Waals surface area contributed by atoms with Crippen LogP contribution in [0.2, 0.25) is 0 Å². The first-order valence-corrected chi connectivity index (χ1v) is 13.5. The third-order valence-corrected chi connectivity index (χ3v) is 8.68. The SMILES string of the molecule is CC(=O)Nc1ccc(S(=O)(=O)NC[C@H]2C[C@H]3CCN2C[C@@H]3c2cc(-c3ccccc3)nn2C)cc1. The van der Waals surface area contributed by atoms with E-state index in [9.17, 15) is 13.2 Å². The molecule has 1 unspecified atom stereocenters. The number of benzene rings is 2. The van der Waals surface area contributed by atoms with Crippen molar-refractivity contribution in [2.75, 3.05) is 25.0 Å². The predicted octanol–water partition coefficient (Wildman–Crippen LogP) is 3.20. The molecule has 184 valence electrons. The molecule has 4 atom stereocenters. The summed E-state index contributed by atoms with van der Waals surface area (Å²) in [5.41, 5.74) is 3.93. The van der Waals surface area contributed by atoms with Gasteiger partial charge in [0.2, 0.25) is 15.9 Å². The maximum atomic E-state index is 12.9. The van der Waals surface area contributed by atoms with E-state index in [-0.39, 0.29) is 16.8 Å². The molecule has 2 aromatic carbocycles. The zero-order valence-electron chi connectivity index (χ0n) is 20.0. The number of aryl methyl sites for hydroxylation is 1. The van der Waals surface area contributed by atoms with Gasteiger partial charge in [-0.1, -0.05) is 30.3 Å². The fraction of sp³-hybridized carbons (Fsp3) is 0.385. The number of piperidine rings is 3. The Balaban J connectivity index is 1.24. The molecule has 9 heteroatoms. The van der Waals surface area contributed by atoms with Gasteiger partial charge in [-0.05, 0) is 55.6 Å². The van der Waals surface area contributed by atoms with Crippen LogP contribution in [0.3, 0.4) is 0 Å². The number of anilines is 1. The lowest BCUT2D eigenvalue weighted by Crippen LogP contribution is -2.56. The Morgan fingerprint density at radius 3 is 2.51 bits per heavy atom. The van der Waals surface area contributed by atoms with Gasteiger partial charge in [0.25, 0.3) is 0 Å². The molecule has 0 spiro atoms. The number of carbonyl (C=O) groups excluding carboxylic acids is 1. The summed E-state index contributed by atoms with van der Waals surface area (Å²) < 4.78 is 30.5. The summed E-state index contributed by atoms with van der Waals surface area (Å²) >= 11 is 0. The molecule has 3 aliphatic rings. The topological polar surface area (TPSA) is 96.3 Å². The summed E-state index contributed by atoms with van der Waals surface area (Å²) in [4.78, 5) is 13.8. The number of sulfonamides is 1. The number of fused-ring (bicyclic) bond motifs is 3. The average molecular weight is 494 g/mol. The first-order chi connectivity index (χ1) is 16.8. The zero-order valence-corrected chi connectivity index (χ0v) is 20.8. The minimum Gasteiger partial charge on any atom is -0.326 e. The molecule has 3 saturated heterocycles. The van der Waals surface area contributed by atoms with Crippen LogP contribution in [-0.2, 0) is 21.9 Å².